The van der Waals surface area contributed by atoms with Crippen LogP contribution in [-0.4, -0.2) is 50.2 Å². The zero-order valence-electron chi connectivity index (χ0n) is 18.1. The van der Waals surface area contributed by atoms with E-state index in [0.29, 0.717) is 24.5 Å². The van der Waals surface area contributed by atoms with Crippen molar-refractivity contribution in [3.63, 3.8) is 0 Å². The summed E-state index contributed by atoms with van der Waals surface area (Å²) in [6.45, 7) is 5.14. The second-order valence-electron chi connectivity index (χ2n) is 8.13. The molecule has 1 aliphatic rings. The molecule has 3 heterocycles. The summed E-state index contributed by atoms with van der Waals surface area (Å²) in [6, 6.07) is 13.8. The van der Waals surface area contributed by atoms with Gasteiger partial charge in [0.25, 0.3) is 5.91 Å². The van der Waals surface area contributed by atoms with E-state index in [1.807, 2.05) is 66.3 Å². The fraction of sp³-hybridized carbons (Fsp3) is 0.375. The fourth-order valence-corrected chi connectivity index (χ4v) is 3.98. The predicted molar refractivity (Wildman–Crippen MR) is 119 cm³/mol. The molecule has 1 N–H and O–H groups in total. The molecule has 2 amide bonds. The standard InChI is InChI=1S/C24H29N5O2/c1-3-18(2)26-22(30)19-10-9-15-28(17-19)24(31)21-16-25-29(20-11-5-4-6-12-20)23(21)27-13-7-8-14-27/h4-8,11-14,16,18-19H,3,9-10,15,17H2,1-2H3,(H,26,30)/t18-,19+/m1/s1. The predicted octanol–water partition coefficient (Wildman–Crippen LogP) is 3.43. The summed E-state index contributed by atoms with van der Waals surface area (Å²) in [5.74, 6) is 0.475. The number of piperidine rings is 1. The third-order valence-electron chi connectivity index (χ3n) is 5.90. The zero-order chi connectivity index (χ0) is 21.8. The molecule has 162 valence electrons. The molecule has 0 aliphatic carbocycles. The molecule has 1 aromatic carbocycles. The SMILES string of the molecule is CC[C@@H](C)NC(=O)[C@H]1CCCN(C(=O)c2cnn(-c3ccccc3)c2-n2cccc2)C1. The lowest BCUT2D eigenvalue weighted by Gasteiger charge is -2.32. The first-order valence-electron chi connectivity index (χ1n) is 10.9. The number of likely N-dealkylation sites (tertiary alicyclic amines) is 1. The lowest BCUT2D eigenvalue weighted by molar-refractivity contribution is -0.126. The molecule has 0 unspecified atom stereocenters. The topological polar surface area (TPSA) is 72.2 Å². The largest absolute Gasteiger partial charge is 0.353 e. The molecule has 31 heavy (non-hydrogen) atoms. The summed E-state index contributed by atoms with van der Waals surface area (Å²) in [5, 5.41) is 7.59. The van der Waals surface area contributed by atoms with E-state index < -0.39 is 0 Å². The summed E-state index contributed by atoms with van der Waals surface area (Å²) in [6.07, 6.45) is 7.96. The van der Waals surface area contributed by atoms with Crippen LogP contribution < -0.4 is 5.32 Å². The van der Waals surface area contributed by atoms with Gasteiger partial charge in [-0.15, -0.1) is 0 Å². The number of amides is 2. The van der Waals surface area contributed by atoms with Crippen molar-refractivity contribution in [3.05, 3.63) is 66.6 Å². The second-order valence-corrected chi connectivity index (χ2v) is 8.13. The van der Waals surface area contributed by atoms with E-state index in [0.717, 1.165) is 24.9 Å². The highest BCUT2D eigenvalue weighted by molar-refractivity contribution is 5.97. The summed E-state index contributed by atoms with van der Waals surface area (Å²) in [7, 11) is 0. The molecule has 0 spiro atoms. The molecular formula is C24H29N5O2. The minimum atomic E-state index is -0.175. The first-order chi connectivity index (χ1) is 15.1. The van der Waals surface area contributed by atoms with Gasteiger partial charge in [-0.05, 0) is 50.5 Å². The molecule has 0 radical (unpaired) electrons. The van der Waals surface area contributed by atoms with Gasteiger partial charge < -0.3 is 14.8 Å². The van der Waals surface area contributed by atoms with Crippen LogP contribution in [-0.2, 0) is 4.79 Å². The van der Waals surface area contributed by atoms with Crippen molar-refractivity contribution in [2.75, 3.05) is 13.1 Å². The van der Waals surface area contributed by atoms with Crippen LogP contribution in [0.2, 0.25) is 0 Å². The van der Waals surface area contributed by atoms with Crippen molar-refractivity contribution in [1.82, 2.24) is 24.6 Å². The smallest absolute Gasteiger partial charge is 0.259 e. The van der Waals surface area contributed by atoms with Gasteiger partial charge in [0.05, 0.1) is 17.8 Å². The highest BCUT2D eigenvalue weighted by Crippen LogP contribution is 2.24. The molecule has 1 saturated heterocycles. The van der Waals surface area contributed by atoms with Gasteiger partial charge in [-0.1, -0.05) is 25.1 Å². The number of benzene rings is 1. The quantitative estimate of drug-likeness (QED) is 0.665. The van der Waals surface area contributed by atoms with Crippen molar-refractivity contribution >= 4 is 11.8 Å². The number of rotatable bonds is 6. The maximum absolute atomic E-state index is 13.5. The summed E-state index contributed by atoms with van der Waals surface area (Å²) < 4.78 is 3.69. The van der Waals surface area contributed by atoms with E-state index in [9.17, 15) is 9.59 Å². The number of nitrogens with zero attached hydrogens (tertiary/aromatic N) is 4. The van der Waals surface area contributed by atoms with Gasteiger partial charge >= 0.3 is 0 Å². The molecule has 0 saturated carbocycles. The van der Waals surface area contributed by atoms with Crippen LogP contribution in [0.15, 0.2) is 61.1 Å². The Balaban J connectivity index is 1.61. The first kappa shape index (κ1) is 20.9. The first-order valence-corrected chi connectivity index (χ1v) is 10.9. The summed E-state index contributed by atoms with van der Waals surface area (Å²) in [4.78, 5) is 28.0. The van der Waals surface area contributed by atoms with Crippen molar-refractivity contribution in [3.8, 4) is 11.5 Å². The van der Waals surface area contributed by atoms with Crippen molar-refractivity contribution in [1.29, 1.82) is 0 Å². The Kier molecular flexibility index (Phi) is 6.21. The van der Waals surface area contributed by atoms with E-state index in [1.54, 1.807) is 15.8 Å². The van der Waals surface area contributed by atoms with E-state index in [-0.39, 0.29) is 23.8 Å². The van der Waals surface area contributed by atoms with Gasteiger partial charge in [-0.3, -0.25) is 9.59 Å². The van der Waals surface area contributed by atoms with Crippen molar-refractivity contribution in [2.24, 2.45) is 5.92 Å². The average molecular weight is 420 g/mol. The number of carbonyl (C=O) groups is 2. The van der Waals surface area contributed by atoms with E-state index in [2.05, 4.69) is 17.3 Å². The normalized spacial score (nSPS) is 17.4. The molecule has 1 fully saturated rings. The van der Waals surface area contributed by atoms with Crippen LogP contribution >= 0.6 is 0 Å². The highest BCUT2D eigenvalue weighted by Gasteiger charge is 2.31. The fourth-order valence-electron chi connectivity index (χ4n) is 3.98. The van der Waals surface area contributed by atoms with Gasteiger partial charge in [-0.25, -0.2) is 4.68 Å². The Labute approximate surface area is 182 Å². The number of hydrogen-bond acceptors (Lipinski definition) is 3. The zero-order valence-corrected chi connectivity index (χ0v) is 18.1. The summed E-state index contributed by atoms with van der Waals surface area (Å²) >= 11 is 0. The van der Waals surface area contributed by atoms with Gasteiger partial charge in [-0.2, -0.15) is 5.10 Å². The molecule has 7 heteroatoms. The van der Waals surface area contributed by atoms with Crippen LogP contribution in [0.4, 0.5) is 0 Å². The van der Waals surface area contributed by atoms with Gasteiger partial charge in [0.2, 0.25) is 5.91 Å². The number of aromatic nitrogens is 3. The minimum Gasteiger partial charge on any atom is -0.353 e. The van der Waals surface area contributed by atoms with Crippen LogP contribution in [0.5, 0.6) is 0 Å². The van der Waals surface area contributed by atoms with Crippen LogP contribution in [0.3, 0.4) is 0 Å². The lowest BCUT2D eigenvalue weighted by Crippen LogP contribution is -2.47. The van der Waals surface area contributed by atoms with E-state index in [1.165, 1.54) is 0 Å². The third kappa shape index (κ3) is 4.40. The molecule has 4 rings (SSSR count). The number of para-hydroxylation sites is 1. The Hall–Kier alpha value is -3.35. The molecule has 2 aromatic heterocycles. The third-order valence-corrected chi connectivity index (χ3v) is 5.90. The molecule has 7 nitrogen and oxygen atoms in total. The van der Waals surface area contributed by atoms with Crippen molar-refractivity contribution in [2.45, 2.75) is 39.2 Å². The van der Waals surface area contributed by atoms with Crippen LogP contribution in [0.25, 0.3) is 11.5 Å². The number of nitrogens with one attached hydrogen (secondary N) is 1. The lowest BCUT2D eigenvalue weighted by atomic mass is 9.96. The van der Waals surface area contributed by atoms with Gasteiger partial charge in [0.1, 0.15) is 5.56 Å². The minimum absolute atomic E-state index is 0.0393. The molecular weight excluding hydrogens is 390 g/mol. The number of carbonyl (C=O) groups excluding carboxylic acids is 2. The molecule has 3 aromatic rings. The van der Waals surface area contributed by atoms with Gasteiger partial charge in [0, 0.05) is 31.5 Å². The van der Waals surface area contributed by atoms with Gasteiger partial charge in [0.15, 0.2) is 5.82 Å². The maximum atomic E-state index is 13.5. The Morgan fingerprint density at radius 2 is 1.90 bits per heavy atom. The second kappa shape index (κ2) is 9.20. The number of hydrogen-bond donors (Lipinski definition) is 1. The van der Waals surface area contributed by atoms with E-state index >= 15 is 0 Å². The Morgan fingerprint density at radius 1 is 1.16 bits per heavy atom. The van der Waals surface area contributed by atoms with Crippen LogP contribution in [0.1, 0.15) is 43.5 Å². The monoisotopic (exact) mass is 419 g/mol. The Morgan fingerprint density at radius 3 is 2.61 bits per heavy atom. The summed E-state index contributed by atoms with van der Waals surface area (Å²) in [5.41, 5.74) is 1.41. The average Bonchev–Trinajstić information content (AvgIpc) is 3.49. The Bertz CT molecular complexity index is 1030. The van der Waals surface area contributed by atoms with E-state index in [4.69, 9.17) is 0 Å². The molecule has 1 aliphatic heterocycles. The molecule has 2 atom stereocenters. The van der Waals surface area contributed by atoms with Crippen molar-refractivity contribution < 1.29 is 9.59 Å². The highest BCUT2D eigenvalue weighted by atomic mass is 16.2. The molecule has 0 bridgehead atoms. The van der Waals surface area contributed by atoms with Crippen LogP contribution in [0, 0.1) is 5.92 Å². The maximum Gasteiger partial charge on any atom is 0.259 e.